The molecule has 0 N–H and O–H groups in total. The van der Waals surface area contributed by atoms with Crippen molar-refractivity contribution in [3.63, 3.8) is 0 Å². The standard InChI is InChI=1S/C37H54N2/c1-5-19-32(20-6-1)38(33-21-7-2-8-22-33)36-27-15-13-17-30(36)29-31-18-14-16-28-37(31)39(34-23-9-3-10-24-34)35-25-11-4-12-26-35/h13-18,27-28,32-35H,1-12,19-26,29H2. The lowest BCUT2D eigenvalue weighted by Gasteiger charge is -2.45. The number of hydrogen-bond acceptors (Lipinski definition) is 2. The van der Waals surface area contributed by atoms with Crippen LogP contribution in [0.1, 0.15) is 140 Å². The van der Waals surface area contributed by atoms with E-state index in [1.165, 1.54) is 128 Å². The van der Waals surface area contributed by atoms with Crippen LogP contribution in [0.5, 0.6) is 0 Å². The summed E-state index contributed by atoms with van der Waals surface area (Å²) in [5.41, 5.74) is 6.25. The number of hydrogen-bond donors (Lipinski definition) is 0. The van der Waals surface area contributed by atoms with E-state index in [9.17, 15) is 0 Å². The number of rotatable bonds is 8. The van der Waals surface area contributed by atoms with E-state index in [2.05, 4.69) is 58.3 Å². The molecule has 0 aromatic heterocycles. The summed E-state index contributed by atoms with van der Waals surface area (Å²) in [6, 6.07) is 22.1. The highest BCUT2D eigenvalue weighted by molar-refractivity contribution is 5.62. The molecule has 39 heavy (non-hydrogen) atoms. The smallest absolute Gasteiger partial charge is 0.0407 e. The van der Waals surface area contributed by atoms with Crippen LogP contribution in [0, 0.1) is 0 Å². The van der Waals surface area contributed by atoms with Crippen molar-refractivity contribution in [3.8, 4) is 0 Å². The van der Waals surface area contributed by atoms with Crippen LogP contribution in [0.3, 0.4) is 0 Å². The highest BCUT2D eigenvalue weighted by Gasteiger charge is 2.32. The first-order valence-corrected chi connectivity index (χ1v) is 17.1. The Bertz CT molecular complexity index is 888. The lowest BCUT2D eigenvalue weighted by atomic mass is 9.86. The van der Waals surface area contributed by atoms with Crippen LogP contribution in [0.25, 0.3) is 0 Å². The second kappa shape index (κ2) is 13.6. The molecular formula is C37H54N2. The van der Waals surface area contributed by atoms with Crippen molar-refractivity contribution in [2.45, 2.75) is 159 Å². The average Bonchev–Trinajstić information content (AvgIpc) is 3.01. The fraction of sp³-hybridized carbons (Fsp3) is 0.676. The first-order valence-electron chi connectivity index (χ1n) is 17.1. The molecule has 212 valence electrons. The van der Waals surface area contributed by atoms with Crippen LogP contribution in [0.2, 0.25) is 0 Å². The van der Waals surface area contributed by atoms with E-state index in [1.807, 2.05) is 0 Å². The highest BCUT2D eigenvalue weighted by atomic mass is 15.2. The molecule has 4 saturated carbocycles. The summed E-state index contributed by atoms with van der Waals surface area (Å²) in [4.78, 5) is 5.94. The van der Waals surface area contributed by atoms with Crippen molar-refractivity contribution in [2.75, 3.05) is 9.80 Å². The maximum atomic E-state index is 2.97. The maximum absolute atomic E-state index is 2.97. The second-order valence-corrected chi connectivity index (χ2v) is 13.4. The van der Waals surface area contributed by atoms with Crippen LogP contribution in [0.15, 0.2) is 48.5 Å². The molecule has 2 nitrogen and oxygen atoms in total. The van der Waals surface area contributed by atoms with E-state index < -0.39 is 0 Å². The van der Waals surface area contributed by atoms with Crippen molar-refractivity contribution in [2.24, 2.45) is 0 Å². The monoisotopic (exact) mass is 526 g/mol. The Morgan fingerprint density at radius 3 is 0.974 bits per heavy atom. The van der Waals surface area contributed by atoms with Gasteiger partial charge in [-0.15, -0.1) is 0 Å². The van der Waals surface area contributed by atoms with Gasteiger partial charge in [-0.05, 0) is 74.6 Å². The molecule has 0 aliphatic heterocycles. The lowest BCUT2D eigenvalue weighted by molar-refractivity contribution is 0.339. The summed E-state index contributed by atoms with van der Waals surface area (Å²) < 4.78 is 0. The minimum absolute atomic E-state index is 0.735. The Kier molecular flexibility index (Phi) is 9.49. The van der Waals surface area contributed by atoms with Crippen LogP contribution >= 0.6 is 0 Å². The molecular weight excluding hydrogens is 472 g/mol. The van der Waals surface area contributed by atoms with E-state index in [-0.39, 0.29) is 0 Å². The third-order valence-electron chi connectivity index (χ3n) is 10.8. The molecule has 4 aliphatic rings. The van der Waals surface area contributed by atoms with Gasteiger partial charge in [-0.2, -0.15) is 0 Å². The Morgan fingerprint density at radius 1 is 0.385 bits per heavy atom. The molecule has 0 radical (unpaired) electrons. The zero-order chi connectivity index (χ0) is 26.3. The summed E-state index contributed by atoms with van der Waals surface area (Å²) in [7, 11) is 0. The van der Waals surface area contributed by atoms with Gasteiger partial charge in [0.15, 0.2) is 0 Å². The van der Waals surface area contributed by atoms with Crippen molar-refractivity contribution in [1.82, 2.24) is 0 Å². The third-order valence-corrected chi connectivity index (χ3v) is 10.8. The van der Waals surface area contributed by atoms with E-state index >= 15 is 0 Å². The van der Waals surface area contributed by atoms with Gasteiger partial charge in [-0.1, -0.05) is 113 Å². The molecule has 0 bridgehead atoms. The van der Waals surface area contributed by atoms with Crippen LogP contribution in [-0.2, 0) is 6.42 Å². The first kappa shape index (κ1) is 27.2. The van der Waals surface area contributed by atoms with Gasteiger partial charge in [0.25, 0.3) is 0 Å². The van der Waals surface area contributed by atoms with Gasteiger partial charge < -0.3 is 9.80 Å². The van der Waals surface area contributed by atoms with E-state index in [4.69, 9.17) is 0 Å². The van der Waals surface area contributed by atoms with Crippen molar-refractivity contribution < 1.29 is 0 Å². The first-order chi connectivity index (χ1) is 19.4. The largest absolute Gasteiger partial charge is 0.365 e. The van der Waals surface area contributed by atoms with Crippen LogP contribution < -0.4 is 9.80 Å². The number of nitrogens with zero attached hydrogens (tertiary/aromatic N) is 2. The number of benzene rings is 2. The molecule has 0 heterocycles. The SMILES string of the molecule is c1ccc(N(C2CCCCC2)C2CCCCC2)c(Cc2ccccc2N(C2CCCCC2)C2CCCCC2)c1. The minimum Gasteiger partial charge on any atom is -0.365 e. The lowest BCUT2D eigenvalue weighted by Crippen LogP contribution is -2.46. The molecule has 0 saturated heterocycles. The van der Waals surface area contributed by atoms with Crippen molar-refractivity contribution in [1.29, 1.82) is 0 Å². The van der Waals surface area contributed by atoms with Gasteiger partial charge in [0.1, 0.15) is 0 Å². The Labute approximate surface area is 239 Å². The molecule has 2 aromatic carbocycles. The molecule has 0 unspecified atom stereocenters. The van der Waals surface area contributed by atoms with E-state index in [0.29, 0.717) is 0 Å². The highest BCUT2D eigenvalue weighted by Crippen LogP contribution is 2.40. The van der Waals surface area contributed by atoms with E-state index in [0.717, 1.165) is 30.6 Å². The second-order valence-electron chi connectivity index (χ2n) is 13.4. The zero-order valence-corrected chi connectivity index (χ0v) is 24.7. The molecule has 4 aliphatic carbocycles. The predicted molar refractivity (Wildman–Crippen MR) is 168 cm³/mol. The predicted octanol–water partition coefficient (Wildman–Crippen LogP) is 10.2. The molecule has 6 rings (SSSR count). The molecule has 4 fully saturated rings. The fourth-order valence-electron chi connectivity index (χ4n) is 8.85. The van der Waals surface area contributed by atoms with Crippen molar-refractivity contribution in [3.05, 3.63) is 59.7 Å². The van der Waals surface area contributed by atoms with Gasteiger partial charge in [-0.3, -0.25) is 0 Å². The summed E-state index contributed by atoms with van der Waals surface area (Å²) in [5.74, 6) is 0. The topological polar surface area (TPSA) is 6.48 Å². The fourth-order valence-corrected chi connectivity index (χ4v) is 8.85. The Morgan fingerprint density at radius 2 is 0.667 bits per heavy atom. The van der Waals surface area contributed by atoms with Crippen molar-refractivity contribution >= 4 is 11.4 Å². The third kappa shape index (κ3) is 6.52. The normalized spacial score (nSPS) is 22.6. The number of para-hydroxylation sites is 2. The molecule has 2 aromatic rings. The summed E-state index contributed by atoms with van der Waals surface area (Å²) >= 11 is 0. The van der Waals surface area contributed by atoms with Gasteiger partial charge in [0, 0.05) is 42.0 Å². The Balaban J connectivity index is 1.34. The molecule has 0 amide bonds. The zero-order valence-electron chi connectivity index (χ0n) is 24.7. The number of anilines is 2. The molecule has 0 spiro atoms. The van der Waals surface area contributed by atoms with Gasteiger partial charge in [0.2, 0.25) is 0 Å². The van der Waals surface area contributed by atoms with Gasteiger partial charge >= 0.3 is 0 Å². The average molecular weight is 527 g/mol. The van der Waals surface area contributed by atoms with Crippen LogP contribution in [0.4, 0.5) is 11.4 Å². The van der Waals surface area contributed by atoms with Gasteiger partial charge in [0.05, 0.1) is 0 Å². The molecule has 0 atom stereocenters. The minimum atomic E-state index is 0.735. The maximum Gasteiger partial charge on any atom is 0.0407 e. The summed E-state index contributed by atoms with van der Waals surface area (Å²) in [5, 5.41) is 0. The quantitative estimate of drug-likeness (QED) is 0.337. The van der Waals surface area contributed by atoms with Gasteiger partial charge in [-0.25, -0.2) is 0 Å². The van der Waals surface area contributed by atoms with Crippen LogP contribution in [-0.4, -0.2) is 24.2 Å². The summed E-state index contributed by atoms with van der Waals surface area (Å²) in [6.07, 6.45) is 29.2. The van der Waals surface area contributed by atoms with E-state index in [1.54, 1.807) is 22.5 Å². The Hall–Kier alpha value is -1.96. The molecule has 2 heteroatoms. The summed E-state index contributed by atoms with van der Waals surface area (Å²) in [6.45, 7) is 0.